The second-order valence-corrected chi connectivity index (χ2v) is 5.35. The van der Waals surface area contributed by atoms with Gasteiger partial charge in [-0.1, -0.05) is 18.2 Å². The summed E-state index contributed by atoms with van der Waals surface area (Å²) in [5.74, 6) is 0.459. The topological polar surface area (TPSA) is 77.8 Å². The number of nitrogen functional groups attached to an aromatic ring is 1. The third-order valence-corrected chi connectivity index (χ3v) is 3.68. The molecule has 0 aliphatic carbocycles. The molecule has 1 unspecified atom stereocenters. The van der Waals surface area contributed by atoms with Crippen molar-refractivity contribution in [1.29, 1.82) is 0 Å². The van der Waals surface area contributed by atoms with E-state index in [1.165, 1.54) is 0 Å². The summed E-state index contributed by atoms with van der Waals surface area (Å²) < 4.78 is 0. The zero-order chi connectivity index (χ0) is 15.0. The van der Waals surface area contributed by atoms with Crippen LogP contribution >= 0.6 is 0 Å². The fraction of sp³-hybridized carbons (Fsp3) is 0.176. The molecule has 0 saturated carbocycles. The third kappa shape index (κ3) is 2.45. The molecule has 2 aromatic heterocycles. The molecule has 2 heterocycles. The van der Waals surface area contributed by atoms with Crippen LogP contribution in [0.5, 0.6) is 0 Å². The van der Waals surface area contributed by atoms with Crippen LogP contribution in [0.4, 0.5) is 5.82 Å². The quantitative estimate of drug-likeness (QED) is 0.755. The molecular formula is C17H18N4. The van der Waals surface area contributed by atoms with Crippen LogP contribution in [0.2, 0.25) is 0 Å². The molecule has 106 valence electrons. The lowest BCUT2D eigenvalue weighted by Gasteiger charge is -2.15. The standard InChI is InChI=1S/C17H18N4/c1-10-7-13(17(19)20-9-10)16(18)15-8-11(2)12-5-3-4-6-14(12)21-15/h3-9,16H,18H2,1-2H3,(H2,19,20). The molecule has 0 aliphatic heterocycles. The number of aromatic nitrogens is 2. The summed E-state index contributed by atoms with van der Waals surface area (Å²) in [4.78, 5) is 8.85. The predicted molar refractivity (Wildman–Crippen MR) is 85.9 cm³/mol. The Hall–Kier alpha value is -2.46. The van der Waals surface area contributed by atoms with Crippen molar-refractivity contribution in [2.75, 3.05) is 5.73 Å². The van der Waals surface area contributed by atoms with Gasteiger partial charge in [-0.05, 0) is 43.2 Å². The van der Waals surface area contributed by atoms with Crippen molar-refractivity contribution in [1.82, 2.24) is 9.97 Å². The Kier molecular flexibility index (Phi) is 3.31. The summed E-state index contributed by atoms with van der Waals surface area (Å²) in [6.07, 6.45) is 1.74. The van der Waals surface area contributed by atoms with Gasteiger partial charge in [-0.3, -0.25) is 4.98 Å². The molecule has 0 aliphatic rings. The van der Waals surface area contributed by atoms with E-state index in [-0.39, 0.29) is 6.04 Å². The number of benzene rings is 1. The van der Waals surface area contributed by atoms with Crippen molar-refractivity contribution in [3.63, 3.8) is 0 Å². The van der Waals surface area contributed by atoms with Crippen LogP contribution in [0.1, 0.15) is 28.4 Å². The number of nitrogens with two attached hydrogens (primary N) is 2. The van der Waals surface area contributed by atoms with Crippen LogP contribution in [0, 0.1) is 13.8 Å². The second kappa shape index (κ2) is 5.14. The van der Waals surface area contributed by atoms with Gasteiger partial charge in [0.25, 0.3) is 0 Å². The first-order chi connectivity index (χ1) is 10.1. The van der Waals surface area contributed by atoms with Gasteiger partial charge in [0.1, 0.15) is 5.82 Å². The molecule has 4 N–H and O–H groups in total. The van der Waals surface area contributed by atoms with Crippen molar-refractivity contribution >= 4 is 16.7 Å². The van der Waals surface area contributed by atoms with Gasteiger partial charge in [-0.15, -0.1) is 0 Å². The molecule has 21 heavy (non-hydrogen) atoms. The van der Waals surface area contributed by atoms with E-state index in [4.69, 9.17) is 11.5 Å². The van der Waals surface area contributed by atoms with Gasteiger partial charge in [0.05, 0.1) is 17.3 Å². The highest BCUT2D eigenvalue weighted by Gasteiger charge is 2.16. The lowest BCUT2D eigenvalue weighted by Crippen LogP contribution is -2.16. The Morgan fingerprint density at radius 3 is 2.67 bits per heavy atom. The van der Waals surface area contributed by atoms with E-state index in [0.717, 1.165) is 33.3 Å². The van der Waals surface area contributed by atoms with E-state index in [0.29, 0.717) is 5.82 Å². The fourth-order valence-corrected chi connectivity index (χ4v) is 2.55. The van der Waals surface area contributed by atoms with Crippen LogP contribution in [0.15, 0.2) is 42.6 Å². The van der Waals surface area contributed by atoms with Gasteiger partial charge < -0.3 is 11.5 Å². The van der Waals surface area contributed by atoms with Gasteiger partial charge in [0, 0.05) is 17.1 Å². The van der Waals surface area contributed by atoms with E-state index in [2.05, 4.69) is 23.0 Å². The molecule has 4 heteroatoms. The van der Waals surface area contributed by atoms with Gasteiger partial charge in [0.2, 0.25) is 0 Å². The number of fused-ring (bicyclic) bond motifs is 1. The Morgan fingerprint density at radius 1 is 1.10 bits per heavy atom. The van der Waals surface area contributed by atoms with Crippen LogP contribution in [0.3, 0.4) is 0 Å². The number of hydrogen-bond acceptors (Lipinski definition) is 4. The maximum Gasteiger partial charge on any atom is 0.128 e. The van der Waals surface area contributed by atoms with E-state index in [1.807, 2.05) is 37.3 Å². The smallest absolute Gasteiger partial charge is 0.128 e. The zero-order valence-electron chi connectivity index (χ0n) is 12.2. The van der Waals surface area contributed by atoms with Crippen LogP contribution < -0.4 is 11.5 Å². The highest BCUT2D eigenvalue weighted by Crippen LogP contribution is 2.26. The number of para-hydroxylation sites is 1. The Balaban J connectivity index is 2.13. The van der Waals surface area contributed by atoms with Crippen molar-refractivity contribution in [3.05, 3.63) is 65.0 Å². The van der Waals surface area contributed by atoms with Crippen molar-refractivity contribution < 1.29 is 0 Å². The molecule has 4 nitrogen and oxygen atoms in total. The zero-order valence-corrected chi connectivity index (χ0v) is 12.2. The predicted octanol–water partition coefficient (Wildman–Crippen LogP) is 2.88. The number of anilines is 1. The second-order valence-electron chi connectivity index (χ2n) is 5.35. The molecule has 0 spiro atoms. The maximum absolute atomic E-state index is 6.36. The van der Waals surface area contributed by atoms with E-state index < -0.39 is 0 Å². The van der Waals surface area contributed by atoms with Crippen LogP contribution in [-0.4, -0.2) is 9.97 Å². The summed E-state index contributed by atoms with van der Waals surface area (Å²) in [5.41, 5.74) is 17.1. The van der Waals surface area contributed by atoms with Crippen LogP contribution in [-0.2, 0) is 0 Å². The van der Waals surface area contributed by atoms with Crippen molar-refractivity contribution in [3.8, 4) is 0 Å². The molecule has 0 fully saturated rings. The molecular weight excluding hydrogens is 260 g/mol. The minimum atomic E-state index is -0.374. The summed E-state index contributed by atoms with van der Waals surface area (Å²) in [7, 11) is 0. The number of hydrogen-bond donors (Lipinski definition) is 2. The first kappa shape index (κ1) is 13.5. The molecule has 3 rings (SSSR count). The number of nitrogens with zero attached hydrogens (tertiary/aromatic N) is 2. The van der Waals surface area contributed by atoms with E-state index >= 15 is 0 Å². The van der Waals surface area contributed by atoms with Gasteiger partial charge in [-0.25, -0.2) is 4.98 Å². The SMILES string of the molecule is Cc1cnc(N)c(C(N)c2cc(C)c3ccccc3n2)c1. The summed E-state index contributed by atoms with van der Waals surface area (Å²) in [5, 5.41) is 1.14. The van der Waals surface area contributed by atoms with E-state index in [1.54, 1.807) is 6.20 Å². The minimum Gasteiger partial charge on any atom is -0.383 e. The third-order valence-electron chi connectivity index (χ3n) is 3.68. The number of rotatable bonds is 2. The number of aryl methyl sites for hydroxylation is 2. The first-order valence-corrected chi connectivity index (χ1v) is 6.90. The Bertz CT molecular complexity index is 811. The maximum atomic E-state index is 6.36. The normalized spacial score (nSPS) is 12.5. The minimum absolute atomic E-state index is 0.374. The highest BCUT2D eigenvalue weighted by molar-refractivity contribution is 5.82. The average Bonchev–Trinajstić information content (AvgIpc) is 2.49. The highest BCUT2D eigenvalue weighted by atomic mass is 14.9. The molecule has 0 amide bonds. The average molecular weight is 278 g/mol. The molecule has 3 aromatic rings. The molecule has 1 aromatic carbocycles. The summed E-state index contributed by atoms with van der Waals surface area (Å²) in [6.45, 7) is 4.04. The van der Waals surface area contributed by atoms with Crippen molar-refractivity contribution in [2.24, 2.45) is 5.73 Å². The van der Waals surface area contributed by atoms with Crippen molar-refractivity contribution in [2.45, 2.75) is 19.9 Å². The van der Waals surface area contributed by atoms with Gasteiger partial charge in [-0.2, -0.15) is 0 Å². The summed E-state index contributed by atoms with van der Waals surface area (Å²) >= 11 is 0. The lowest BCUT2D eigenvalue weighted by molar-refractivity contribution is 0.830. The monoisotopic (exact) mass is 278 g/mol. The molecule has 0 saturated heterocycles. The molecule has 0 radical (unpaired) electrons. The Morgan fingerprint density at radius 2 is 1.86 bits per heavy atom. The summed E-state index contributed by atoms with van der Waals surface area (Å²) in [6, 6.07) is 11.7. The number of pyridine rings is 2. The molecule has 0 bridgehead atoms. The molecule has 1 atom stereocenters. The first-order valence-electron chi connectivity index (χ1n) is 6.90. The Labute approximate surface area is 123 Å². The largest absolute Gasteiger partial charge is 0.383 e. The van der Waals surface area contributed by atoms with E-state index in [9.17, 15) is 0 Å². The van der Waals surface area contributed by atoms with Gasteiger partial charge in [0.15, 0.2) is 0 Å². The fourth-order valence-electron chi connectivity index (χ4n) is 2.55. The lowest BCUT2D eigenvalue weighted by atomic mass is 10.0. The van der Waals surface area contributed by atoms with Crippen LogP contribution in [0.25, 0.3) is 10.9 Å². The van der Waals surface area contributed by atoms with Gasteiger partial charge >= 0.3 is 0 Å².